The van der Waals surface area contributed by atoms with Gasteiger partial charge in [-0.1, -0.05) is 24.3 Å². The van der Waals surface area contributed by atoms with Crippen LogP contribution in [0.4, 0.5) is 5.82 Å². The van der Waals surface area contributed by atoms with Crippen LogP contribution in [0.15, 0.2) is 35.1 Å². The van der Waals surface area contributed by atoms with Crippen LogP contribution in [0.2, 0.25) is 0 Å². The molecular weight excluding hydrogens is 296 g/mol. The van der Waals surface area contributed by atoms with E-state index in [4.69, 9.17) is 10.8 Å². The molecule has 0 aliphatic heterocycles. The van der Waals surface area contributed by atoms with E-state index in [-0.39, 0.29) is 22.5 Å². The van der Waals surface area contributed by atoms with Gasteiger partial charge in [-0.05, 0) is 17.2 Å². The number of nitrogen functional groups attached to an aromatic ring is 1. The highest BCUT2D eigenvalue weighted by molar-refractivity contribution is 5.86. The third-order valence-electron chi connectivity index (χ3n) is 3.09. The minimum Gasteiger partial charge on any atom is -0.478 e. The number of carbonyl (C=O) groups is 1. The lowest BCUT2D eigenvalue weighted by atomic mass is 9.96. The van der Waals surface area contributed by atoms with Crippen LogP contribution >= 0.6 is 0 Å². The Morgan fingerprint density at radius 3 is 2.30 bits per heavy atom. The maximum absolute atomic E-state index is 11.8. The van der Waals surface area contributed by atoms with Crippen LogP contribution in [0.1, 0.15) is 16.7 Å². The molecule has 0 bridgehead atoms. The Labute approximate surface area is 130 Å². The van der Waals surface area contributed by atoms with E-state index in [9.17, 15) is 20.1 Å². The van der Waals surface area contributed by atoms with Crippen LogP contribution in [0.25, 0.3) is 17.2 Å². The molecule has 0 radical (unpaired) electrons. The minimum atomic E-state index is -1.07. The highest BCUT2D eigenvalue weighted by Crippen LogP contribution is 2.28. The summed E-state index contributed by atoms with van der Waals surface area (Å²) in [6.07, 6.45) is 2.39. The minimum absolute atomic E-state index is 0.00924. The average Bonchev–Trinajstić information content (AvgIpc) is 2.53. The molecule has 0 atom stereocenters. The van der Waals surface area contributed by atoms with E-state index in [1.165, 1.54) is 6.08 Å². The largest absolute Gasteiger partial charge is 0.478 e. The second-order valence-electron chi connectivity index (χ2n) is 4.51. The number of nitrogens with one attached hydrogen (secondary N) is 1. The first-order chi connectivity index (χ1) is 11.0. The summed E-state index contributed by atoms with van der Waals surface area (Å²) < 4.78 is 0. The number of nitriles is 2. The quantitative estimate of drug-likeness (QED) is 0.732. The van der Waals surface area contributed by atoms with E-state index in [0.717, 1.165) is 6.08 Å². The highest BCUT2D eigenvalue weighted by Gasteiger charge is 2.17. The zero-order chi connectivity index (χ0) is 17.0. The normalized spacial score (nSPS) is 10.2. The maximum Gasteiger partial charge on any atom is 0.328 e. The molecule has 1 heterocycles. The number of pyridine rings is 1. The van der Waals surface area contributed by atoms with Crippen molar-refractivity contribution in [2.75, 3.05) is 5.73 Å². The number of aromatic nitrogens is 1. The van der Waals surface area contributed by atoms with Crippen LogP contribution in [-0.4, -0.2) is 16.1 Å². The van der Waals surface area contributed by atoms with E-state index in [1.807, 2.05) is 6.07 Å². The smallest absolute Gasteiger partial charge is 0.328 e. The Balaban J connectivity index is 2.63. The van der Waals surface area contributed by atoms with Gasteiger partial charge in [-0.15, -0.1) is 0 Å². The predicted octanol–water partition coefficient (Wildman–Crippen LogP) is 1.47. The first-order valence-electron chi connectivity index (χ1n) is 6.35. The fourth-order valence-electron chi connectivity index (χ4n) is 2.06. The monoisotopic (exact) mass is 306 g/mol. The van der Waals surface area contributed by atoms with Crippen molar-refractivity contribution < 1.29 is 9.90 Å². The van der Waals surface area contributed by atoms with Crippen molar-refractivity contribution >= 4 is 17.9 Å². The number of nitrogens with zero attached hydrogens (tertiary/aromatic N) is 2. The first kappa shape index (κ1) is 15.5. The summed E-state index contributed by atoms with van der Waals surface area (Å²) in [6.45, 7) is 0. The van der Waals surface area contributed by atoms with E-state index < -0.39 is 11.5 Å². The van der Waals surface area contributed by atoms with Crippen molar-refractivity contribution in [1.29, 1.82) is 10.5 Å². The van der Waals surface area contributed by atoms with Gasteiger partial charge in [-0.2, -0.15) is 10.5 Å². The number of nitrogens with two attached hydrogens (primary N) is 1. The maximum atomic E-state index is 11.8. The van der Waals surface area contributed by atoms with Gasteiger partial charge in [0, 0.05) is 11.6 Å². The molecule has 1 aromatic carbocycles. The Morgan fingerprint density at radius 2 is 1.78 bits per heavy atom. The molecule has 4 N–H and O–H groups in total. The molecular formula is C16H10N4O3. The fraction of sp³-hybridized carbons (Fsp3) is 0. The molecule has 0 fully saturated rings. The third kappa shape index (κ3) is 3.09. The van der Waals surface area contributed by atoms with Crippen LogP contribution in [0.5, 0.6) is 0 Å². The lowest BCUT2D eigenvalue weighted by Gasteiger charge is -2.08. The van der Waals surface area contributed by atoms with Gasteiger partial charge in [-0.3, -0.25) is 4.79 Å². The average molecular weight is 306 g/mol. The van der Waals surface area contributed by atoms with Crippen molar-refractivity contribution in [2.24, 2.45) is 0 Å². The zero-order valence-corrected chi connectivity index (χ0v) is 11.7. The SMILES string of the molecule is N#Cc1c(N)[nH]c(=O)c(C#N)c1-c1ccc(C=CC(=O)O)cc1. The van der Waals surface area contributed by atoms with Gasteiger partial charge in [-0.25, -0.2) is 4.79 Å². The molecule has 2 aromatic rings. The molecule has 0 aliphatic rings. The summed E-state index contributed by atoms with van der Waals surface area (Å²) in [6, 6.07) is 10.0. The molecule has 0 saturated carbocycles. The second-order valence-corrected chi connectivity index (χ2v) is 4.51. The van der Waals surface area contributed by atoms with Crippen molar-refractivity contribution in [3.63, 3.8) is 0 Å². The van der Waals surface area contributed by atoms with E-state index in [2.05, 4.69) is 4.98 Å². The molecule has 0 unspecified atom stereocenters. The lowest BCUT2D eigenvalue weighted by molar-refractivity contribution is -0.131. The third-order valence-corrected chi connectivity index (χ3v) is 3.09. The number of anilines is 1. The van der Waals surface area contributed by atoms with Crippen LogP contribution in [0.3, 0.4) is 0 Å². The lowest BCUT2D eigenvalue weighted by Crippen LogP contribution is -2.16. The molecule has 7 heteroatoms. The highest BCUT2D eigenvalue weighted by atomic mass is 16.4. The fourth-order valence-corrected chi connectivity index (χ4v) is 2.06. The van der Waals surface area contributed by atoms with E-state index in [1.54, 1.807) is 30.3 Å². The van der Waals surface area contributed by atoms with Crippen LogP contribution in [-0.2, 0) is 4.79 Å². The molecule has 0 aliphatic carbocycles. The van der Waals surface area contributed by atoms with Crippen molar-refractivity contribution in [1.82, 2.24) is 4.98 Å². The van der Waals surface area contributed by atoms with Crippen molar-refractivity contribution in [2.45, 2.75) is 0 Å². The summed E-state index contributed by atoms with van der Waals surface area (Å²) in [5.74, 6) is -1.18. The Morgan fingerprint density at radius 1 is 1.17 bits per heavy atom. The molecule has 7 nitrogen and oxygen atoms in total. The Hall–Kier alpha value is -3.84. The standard InChI is InChI=1S/C16H10N4O3/c17-7-11-14(12(8-18)16(23)20-15(11)19)10-4-1-9(2-5-10)3-6-13(21)22/h1-6H,(H,21,22)(H3,19,20,23). The molecule has 1 aromatic heterocycles. The summed E-state index contributed by atoms with van der Waals surface area (Å²) in [4.78, 5) is 24.6. The van der Waals surface area contributed by atoms with Gasteiger partial charge in [0.1, 0.15) is 29.1 Å². The molecule has 2 rings (SSSR count). The predicted molar refractivity (Wildman–Crippen MR) is 83.0 cm³/mol. The van der Waals surface area contributed by atoms with Crippen LogP contribution < -0.4 is 11.3 Å². The van der Waals surface area contributed by atoms with Gasteiger partial charge in [0.25, 0.3) is 5.56 Å². The molecule has 0 spiro atoms. The van der Waals surface area contributed by atoms with Gasteiger partial charge >= 0.3 is 5.97 Å². The van der Waals surface area contributed by atoms with Crippen molar-refractivity contribution in [3.8, 4) is 23.3 Å². The summed E-state index contributed by atoms with van der Waals surface area (Å²) in [5.41, 5.74) is 6.01. The summed E-state index contributed by atoms with van der Waals surface area (Å²) in [7, 11) is 0. The van der Waals surface area contributed by atoms with Gasteiger partial charge in [0.2, 0.25) is 0 Å². The molecule has 112 valence electrons. The summed E-state index contributed by atoms with van der Waals surface area (Å²) >= 11 is 0. The van der Waals surface area contributed by atoms with Gasteiger partial charge in [0.15, 0.2) is 0 Å². The second kappa shape index (κ2) is 6.29. The topological polar surface area (TPSA) is 144 Å². The molecule has 23 heavy (non-hydrogen) atoms. The van der Waals surface area contributed by atoms with Crippen LogP contribution in [0, 0.1) is 22.7 Å². The number of aliphatic carboxylic acids is 1. The Kier molecular flexibility index (Phi) is 4.25. The number of rotatable bonds is 3. The number of aromatic amines is 1. The Bertz CT molecular complexity index is 942. The number of carboxylic acids is 1. The van der Waals surface area contributed by atoms with Gasteiger partial charge in [0.05, 0.1) is 0 Å². The van der Waals surface area contributed by atoms with E-state index in [0.29, 0.717) is 11.1 Å². The molecule has 0 saturated heterocycles. The van der Waals surface area contributed by atoms with Gasteiger partial charge < -0.3 is 15.8 Å². The van der Waals surface area contributed by atoms with E-state index >= 15 is 0 Å². The van der Waals surface area contributed by atoms with Crippen molar-refractivity contribution in [3.05, 3.63) is 57.4 Å². The molecule has 0 amide bonds. The number of H-pyrrole nitrogens is 1. The number of hydrogen-bond acceptors (Lipinski definition) is 5. The zero-order valence-electron chi connectivity index (χ0n) is 11.7. The number of hydrogen-bond donors (Lipinski definition) is 3. The number of benzene rings is 1. The number of carboxylic acid groups (broad SMARTS) is 1. The summed E-state index contributed by atoms with van der Waals surface area (Å²) in [5, 5.41) is 27.0. The first-order valence-corrected chi connectivity index (χ1v) is 6.35.